The maximum atomic E-state index is 10.3. The van der Waals surface area contributed by atoms with Gasteiger partial charge in [-0.3, -0.25) is 0 Å². The van der Waals surface area contributed by atoms with Crippen LogP contribution in [-0.4, -0.2) is 33.9 Å². The molecule has 0 bridgehead atoms. The van der Waals surface area contributed by atoms with Gasteiger partial charge in [-0.15, -0.1) is 0 Å². The van der Waals surface area contributed by atoms with Gasteiger partial charge in [-0.25, -0.2) is 14.5 Å². The van der Waals surface area contributed by atoms with Crippen LogP contribution in [0.15, 0.2) is 6.33 Å². The van der Waals surface area contributed by atoms with Crippen LogP contribution in [0, 0.1) is 0 Å². The molecule has 15 heavy (non-hydrogen) atoms. The Morgan fingerprint density at radius 3 is 3.07 bits per heavy atom. The average Bonchev–Trinajstić information content (AvgIpc) is 2.64. The van der Waals surface area contributed by atoms with Crippen LogP contribution in [0.4, 0.5) is 4.79 Å². The number of hydrogen-bond donors (Lipinski definition) is 3. The van der Waals surface area contributed by atoms with Gasteiger partial charge in [0, 0.05) is 19.6 Å². The third-order valence-electron chi connectivity index (χ3n) is 1.88. The first-order chi connectivity index (χ1) is 7.24. The smallest absolute Gasteiger partial charge is 0.312 e. The summed E-state index contributed by atoms with van der Waals surface area (Å²) >= 11 is 0. The van der Waals surface area contributed by atoms with Crippen molar-refractivity contribution in [3.05, 3.63) is 12.2 Å². The second-order valence-corrected chi connectivity index (χ2v) is 2.96. The molecule has 0 radical (unpaired) electrons. The van der Waals surface area contributed by atoms with Crippen LogP contribution < -0.4 is 16.4 Å². The Labute approximate surface area is 88.0 Å². The summed E-state index contributed by atoms with van der Waals surface area (Å²) in [7, 11) is 0. The Morgan fingerprint density at radius 2 is 2.40 bits per heavy atom. The fourth-order valence-electron chi connectivity index (χ4n) is 1.16. The lowest BCUT2D eigenvalue weighted by Crippen LogP contribution is -2.35. The number of urea groups is 1. The van der Waals surface area contributed by atoms with Crippen LogP contribution in [0.3, 0.4) is 0 Å². The van der Waals surface area contributed by atoms with Gasteiger partial charge in [-0.2, -0.15) is 5.10 Å². The molecule has 0 aliphatic heterocycles. The van der Waals surface area contributed by atoms with Crippen molar-refractivity contribution in [2.45, 2.75) is 20.0 Å². The summed E-state index contributed by atoms with van der Waals surface area (Å²) < 4.78 is 1.81. The number of amides is 2. The molecule has 0 atom stereocenters. The van der Waals surface area contributed by atoms with Crippen molar-refractivity contribution in [3.8, 4) is 0 Å². The Bertz CT molecular complexity index is 310. The van der Waals surface area contributed by atoms with Gasteiger partial charge in [0.05, 0.1) is 6.54 Å². The van der Waals surface area contributed by atoms with E-state index in [0.717, 1.165) is 12.4 Å². The van der Waals surface area contributed by atoms with Gasteiger partial charge in [0.25, 0.3) is 0 Å². The Hall–Kier alpha value is -1.63. The summed E-state index contributed by atoms with van der Waals surface area (Å²) in [6.45, 7) is 4.60. The van der Waals surface area contributed by atoms with Crippen molar-refractivity contribution >= 4 is 6.03 Å². The molecule has 7 heteroatoms. The van der Waals surface area contributed by atoms with E-state index in [2.05, 4.69) is 20.7 Å². The first kappa shape index (κ1) is 11.4. The molecule has 1 rings (SSSR count). The van der Waals surface area contributed by atoms with E-state index in [1.165, 1.54) is 6.33 Å². The molecule has 1 heterocycles. The summed E-state index contributed by atoms with van der Waals surface area (Å²) in [6.07, 6.45) is 1.53. The monoisotopic (exact) mass is 212 g/mol. The zero-order valence-electron chi connectivity index (χ0n) is 8.73. The van der Waals surface area contributed by atoms with Crippen LogP contribution in [0.1, 0.15) is 12.7 Å². The van der Waals surface area contributed by atoms with Crippen LogP contribution in [0.2, 0.25) is 0 Å². The molecular formula is C8H16N6O. The van der Waals surface area contributed by atoms with E-state index in [4.69, 9.17) is 5.73 Å². The third-order valence-corrected chi connectivity index (χ3v) is 1.88. The number of nitrogens with two attached hydrogens (primary N) is 1. The molecule has 0 saturated carbocycles. The van der Waals surface area contributed by atoms with Crippen LogP contribution in [0.5, 0.6) is 0 Å². The van der Waals surface area contributed by atoms with E-state index in [-0.39, 0.29) is 0 Å². The molecule has 4 N–H and O–H groups in total. The van der Waals surface area contributed by atoms with E-state index in [0.29, 0.717) is 19.6 Å². The first-order valence-corrected chi connectivity index (χ1v) is 4.84. The predicted molar refractivity (Wildman–Crippen MR) is 55.0 cm³/mol. The number of nitrogens with zero attached hydrogens (tertiary/aromatic N) is 3. The first-order valence-electron chi connectivity index (χ1n) is 4.84. The number of hydrogen-bond acceptors (Lipinski definition) is 4. The molecule has 0 aliphatic carbocycles. The normalized spacial score (nSPS) is 10.2. The second-order valence-electron chi connectivity index (χ2n) is 2.96. The van der Waals surface area contributed by atoms with Crippen molar-refractivity contribution in [2.24, 2.45) is 5.73 Å². The summed E-state index contributed by atoms with van der Waals surface area (Å²) in [5.74, 6) is 0.886. The highest BCUT2D eigenvalue weighted by Crippen LogP contribution is 1.91. The molecule has 0 fully saturated rings. The van der Waals surface area contributed by atoms with Crippen LogP contribution in [0.25, 0.3) is 0 Å². The largest absolute Gasteiger partial charge is 0.352 e. The zero-order valence-corrected chi connectivity index (χ0v) is 8.73. The minimum absolute atomic E-state index is 0.506. The average molecular weight is 212 g/mol. The standard InChI is InChI=1S/C8H16N6O/c1-2-14-7(12-6-13-14)5-10-3-4-11-8(9)15/h6,10H,2-5H2,1H3,(H3,9,11,15). The molecule has 1 aromatic rings. The predicted octanol–water partition coefficient (Wildman–Crippen LogP) is -0.944. The molecular weight excluding hydrogens is 196 g/mol. The zero-order chi connectivity index (χ0) is 11.1. The van der Waals surface area contributed by atoms with Crippen molar-refractivity contribution in [3.63, 3.8) is 0 Å². The van der Waals surface area contributed by atoms with Crippen LogP contribution >= 0.6 is 0 Å². The van der Waals surface area contributed by atoms with Gasteiger partial charge in [-0.1, -0.05) is 0 Å². The molecule has 7 nitrogen and oxygen atoms in total. The molecule has 2 amide bonds. The van der Waals surface area contributed by atoms with Crippen molar-refractivity contribution in [2.75, 3.05) is 13.1 Å². The molecule has 0 spiro atoms. The summed E-state index contributed by atoms with van der Waals surface area (Å²) in [4.78, 5) is 14.4. The Morgan fingerprint density at radius 1 is 1.60 bits per heavy atom. The van der Waals surface area contributed by atoms with Gasteiger partial charge in [0.2, 0.25) is 0 Å². The highest BCUT2D eigenvalue weighted by atomic mass is 16.2. The molecule has 84 valence electrons. The lowest BCUT2D eigenvalue weighted by atomic mass is 10.5. The van der Waals surface area contributed by atoms with E-state index >= 15 is 0 Å². The van der Waals surface area contributed by atoms with Crippen molar-refractivity contribution in [1.29, 1.82) is 0 Å². The molecule has 0 aliphatic rings. The quantitative estimate of drug-likeness (QED) is 0.530. The van der Waals surface area contributed by atoms with Gasteiger partial charge >= 0.3 is 6.03 Å². The third kappa shape index (κ3) is 3.94. The summed E-state index contributed by atoms with van der Waals surface area (Å²) in [5.41, 5.74) is 4.91. The number of aromatic nitrogens is 3. The molecule has 0 aromatic carbocycles. The highest BCUT2D eigenvalue weighted by molar-refractivity contribution is 5.71. The maximum Gasteiger partial charge on any atom is 0.312 e. The topological polar surface area (TPSA) is 97.9 Å². The number of rotatable bonds is 6. The number of carbonyl (C=O) groups excluding carboxylic acids is 1. The van der Waals surface area contributed by atoms with Gasteiger partial charge in [0.15, 0.2) is 0 Å². The second kappa shape index (κ2) is 5.97. The van der Waals surface area contributed by atoms with Crippen molar-refractivity contribution in [1.82, 2.24) is 25.4 Å². The molecule has 1 aromatic heterocycles. The van der Waals surface area contributed by atoms with Crippen molar-refractivity contribution < 1.29 is 4.79 Å². The lowest BCUT2D eigenvalue weighted by Gasteiger charge is -2.05. The van der Waals surface area contributed by atoms with E-state index in [9.17, 15) is 4.79 Å². The van der Waals surface area contributed by atoms with Gasteiger partial charge < -0.3 is 16.4 Å². The van der Waals surface area contributed by atoms with E-state index in [1.807, 2.05) is 11.6 Å². The SMILES string of the molecule is CCn1ncnc1CNCCNC(N)=O. The van der Waals surface area contributed by atoms with Gasteiger partial charge in [-0.05, 0) is 6.92 Å². The minimum atomic E-state index is -0.506. The summed E-state index contributed by atoms with van der Waals surface area (Å²) in [5, 5.41) is 9.65. The summed E-state index contributed by atoms with van der Waals surface area (Å²) in [6, 6.07) is -0.506. The fourth-order valence-corrected chi connectivity index (χ4v) is 1.16. The number of aryl methyl sites for hydroxylation is 1. The molecule has 0 saturated heterocycles. The van der Waals surface area contributed by atoms with E-state index in [1.54, 1.807) is 0 Å². The number of primary amides is 1. The number of carbonyl (C=O) groups is 1. The fraction of sp³-hybridized carbons (Fsp3) is 0.625. The Kier molecular flexibility index (Phi) is 4.55. The number of nitrogens with one attached hydrogen (secondary N) is 2. The van der Waals surface area contributed by atoms with Gasteiger partial charge in [0.1, 0.15) is 12.2 Å². The minimum Gasteiger partial charge on any atom is -0.352 e. The molecule has 0 unspecified atom stereocenters. The Balaban J connectivity index is 2.17. The van der Waals surface area contributed by atoms with Crippen LogP contribution in [-0.2, 0) is 13.1 Å². The maximum absolute atomic E-state index is 10.3. The van der Waals surface area contributed by atoms with E-state index < -0.39 is 6.03 Å². The lowest BCUT2D eigenvalue weighted by molar-refractivity contribution is 0.249. The highest BCUT2D eigenvalue weighted by Gasteiger charge is 2.00.